The van der Waals surface area contributed by atoms with E-state index in [1.54, 1.807) is 6.07 Å². The van der Waals surface area contributed by atoms with E-state index >= 15 is 0 Å². The minimum Gasteiger partial charge on any atom is -0.329 e. The van der Waals surface area contributed by atoms with Gasteiger partial charge in [-0.1, -0.05) is 43.1 Å². The molecule has 0 unspecified atom stereocenters. The summed E-state index contributed by atoms with van der Waals surface area (Å²) in [5.41, 5.74) is 3.59. The molecule has 1 aromatic heterocycles. The number of nitrogens with zero attached hydrogens (tertiary/aromatic N) is 3. The van der Waals surface area contributed by atoms with Crippen LogP contribution in [-0.2, 0) is 0 Å². The highest BCUT2D eigenvalue weighted by Gasteiger charge is 2.13. The van der Waals surface area contributed by atoms with Crippen molar-refractivity contribution in [2.24, 2.45) is 0 Å². The van der Waals surface area contributed by atoms with Crippen molar-refractivity contribution >= 4 is 23.1 Å². The summed E-state index contributed by atoms with van der Waals surface area (Å²) in [4.78, 5) is 10.9. The molecule has 0 saturated carbocycles. The number of benzene rings is 1. The van der Waals surface area contributed by atoms with Crippen LogP contribution in [0.5, 0.6) is 0 Å². The van der Waals surface area contributed by atoms with Gasteiger partial charge in [0.1, 0.15) is 16.8 Å². The molecule has 0 fully saturated rings. The molecular weight excluding hydrogens is 270 g/mol. The molecule has 0 radical (unpaired) electrons. The first-order chi connectivity index (χ1) is 9.38. The van der Waals surface area contributed by atoms with Gasteiger partial charge in [-0.2, -0.15) is 0 Å². The fourth-order valence-electron chi connectivity index (χ4n) is 2.16. The molecule has 0 amide bonds. The van der Waals surface area contributed by atoms with Crippen molar-refractivity contribution in [2.75, 3.05) is 11.9 Å². The molecule has 0 aliphatic heterocycles. The Hall–Kier alpha value is -1.61. The Morgan fingerprint density at radius 3 is 2.40 bits per heavy atom. The van der Waals surface area contributed by atoms with Crippen molar-refractivity contribution in [3.05, 3.63) is 46.4 Å². The van der Waals surface area contributed by atoms with Crippen molar-refractivity contribution in [2.45, 2.75) is 33.6 Å². The normalized spacial score (nSPS) is 10.9. The first-order valence-corrected chi connectivity index (χ1v) is 7.11. The number of anilines is 2. The SMILES string of the molecule is Cc1ccc(N(C)c2cc(Cl)nc(C(C)C)n2)c(C)c1. The van der Waals surface area contributed by atoms with E-state index in [1.165, 1.54) is 11.1 Å². The van der Waals surface area contributed by atoms with Crippen molar-refractivity contribution in [1.82, 2.24) is 9.97 Å². The number of halogens is 1. The van der Waals surface area contributed by atoms with Gasteiger partial charge in [0, 0.05) is 24.7 Å². The largest absolute Gasteiger partial charge is 0.329 e. The molecule has 4 heteroatoms. The smallest absolute Gasteiger partial charge is 0.137 e. The van der Waals surface area contributed by atoms with Crippen LogP contribution >= 0.6 is 11.6 Å². The molecule has 0 atom stereocenters. The molecule has 1 aromatic carbocycles. The van der Waals surface area contributed by atoms with E-state index in [1.807, 2.05) is 11.9 Å². The van der Waals surface area contributed by atoms with E-state index in [-0.39, 0.29) is 5.92 Å². The number of aryl methyl sites for hydroxylation is 2. The summed E-state index contributed by atoms with van der Waals surface area (Å²) in [6, 6.07) is 8.17. The Labute approximate surface area is 125 Å². The molecule has 0 aliphatic carbocycles. The second-order valence-corrected chi connectivity index (χ2v) is 5.80. The van der Waals surface area contributed by atoms with Gasteiger partial charge < -0.3 is 4.90 Å². The minimum atomic E-state index is 0.250. The van der Waals surface area contributed by atoms with Crippen LogP contribution in [0.2, 0.25) is 5.15 Å². The number of hydrogen-bond acceptors (Lipinski definition) is 3. The molecule has 0 N–H and O–H groups in total. The van der Waals surface area contributed by atoms with Crippen LogP contribution in [0, 0.1) is 13.8 Å². The first kappa shape index (κ1) is 14.8. The predicted molar refractivity (Wildman–Crippen MR) is 85.1 cm³/mol. The average molecular weight is 290 g/mol. The topological polar surface area (TPSA) is 29.0 Å². The number of aromatic nitrogens is 2. The van der Waals surface area contributed by atoms with E-state index in [2.05, 4.69) is 55.9 Å². The second kappa shape index (κ2) is 5.80. The van der Waals surface area contributed by atoms with Crippen molar-refractivity contribution in [3.63, 3.8) is 0 Å². The maximum absolute atomic E-state index is 6.11. The van der Waals surface area contributed by atoms with Gasteiger partial charge in [-0.15, -0.1) is 0 Å². The summed E-state index contributed by atoms with van der Waals surface area (Å²) >= 11 is 6.11. The van der Waals surface area contributed by atoms with Gasteiger partial charge in [0.25, 0.3) is 0 Å². The van der Waals surface area contributed by atoms with Crippen LogP contribution < -0.4 is 4.90 Å². The zero-order chi connectivity index (χ0) is 14.9. The monoisotopic (exact) mass is 289 g/mol. The maximum Gasteiger partial charge on any atom is 0.137 e. The molecule has 20 heavy (non-hydrogen) atoms. The highest BCUT2D eigenvalue weighted by Crippen LogP contribution is 2.28. The van der Waals surface area contributed by atoms with Crippen LogP contribution in [0.3, 0.4) is 0 Å². The summed E-state index contributed by atoms with van der Waals surface area (Å²) in [5, 5.41) is 0.482. The molecule has 0 aliphatic rings. The summed E-state index contributed by atoms with van der Waals surface area (Å²) in [6.07, 6.45) is 0. The molecular formula is C16H20ClN3. The highest BCUT2D eigenvalue weighted by molar-refractivity contribution is 6.29. The lowest BCUT2D eigenvalue weighted by molar-refractivity contribution is 0.772. The Bertz CT molecular complexity index is 623. The lowest BCUT2D eigenvalue weighted by atomic mass is 10.1. The van der Waals surface area contributed by atoms with Crippen LogP contribution in [0.15, 0.2) is 24.3 Å². The summed E-state index contributed by atoms with van der Waals surface area (Å²) in [6.45, 7) is 8.32. The predicted octanol–water partition coefficient (Wildman–Crippen LogP) is 4.64. The molecule has 0 bridgehead atoms. The van der Waals surface area contributed by atoms with E-state index in [0.717, 1.165) is 17.3 Å². The second-order valence-electron chi connectivity index (χ2n) is 5.41. The van der Waals surface area contributed by atoms with Gasteiger partial charge in [-0.25, -0.2) is 9.97 Å². The quantitative estimate of drug-likeness (QED) is 0.771. The van der Waals surface area contributed by atoms with E-state index in [9.17, 15) is 0 Å². The Morgan fingerprint density at radius 1 is 1.10 bits per heavy atom. The van der Waals surface area contributed by atoms with E-state index < -0.39 is 0 Å². The van der Waals surface area contributed by atoms with Crippen molar-refractivity contribution in [1.29, 1.82) is 0 Å². The van der Waals surface area contributed by atoms with Gasteiger partial charge in [0.15, 0.2) is 0 Å². The Morgan fingerprint density at radius 2 is 1.80 bits per heavy atom. The highest BCUT2D eigenvalue weighted by atomic mass is 35.5. The fraction of sp³-hybridized carbons (Fsp3) is 0.375. The molecule has 2 rings (SSSR count). The summed E-state index contributed by atoms with van der Waals surface area (Å²) < 4.78 is 0. The van der Waals surface area contributed by atoms with Crippen LogP contribution in [0.4, 0.5) is 11.5 Å². The lowest BCUT2D eigenvalue weighted by Crippen LogP contribution is -2.14. The van der Waals surface area contributed by atoms with Crippen LogP contribution in [0.1, 0.15) is 36.7 Å². The Balaban J connectivity index is 2.44. The Kier molecular flexibility index (Phi) is 4.29. The molecule has 3 nitrogen and oxygen atoms in total. The molecule has 0 spiro atoms. The third-order valence-electron chi connectivity index (χ3n) is 3.27. The van der Waals surface area contributed by atoms with Gasteiger partial charge in [-0.05, 0) is 25.5 Å². The average Bonchev–Trinajstić information content (AvgIpc) is 2.37. The number of rotatable bonds is 3. The van der Waals surface area contributed by atoms with Gasteiger partial charge in [-0.3, -0.25) is 0 Å². The lowest BCUT2D eigenvalue weighted by Gasteiger charge is -2.22. The third kappa shape index (κ3) is 3.10. The molecule has 0 saturated heterocycles. The first-order valence-electron chi connectivity index (χ1n) is 6.74. The standard InChI is InChI=1S/C16H20ClN3/c1-10(2)16-18-14(17)9-15(19-16)20(5)13-7-6-11(3)8-12(13)4/h6-10H,1-5H3. The summed E-state index contributed by atoms with van der Waals surface area (Å²) in [7, 11) is 2.00. The summed E-state index contributed by atoms with van der Waals surface area (Å²) in [5.74, 6) is 1.84. The zero-order valence-electron chi connectivity index (χ0n) is 12.6. The van der Waals surface area contributed by atoms with Crippen molar-refractivity contribution < 1.29 is 0 Å². The van der Waals surface area contributed by atoms with Crippen LogP contribution in [0.25, 0.3) is 0 Å². The zero-order valence-corrected chi connectivity index (χ0v) is 13.4. The van der Waals surface area contributed by atoms with Crippen LogP contribution in [-0.4, -0.2) is 17.0 Å². The third-order valence-corrected chi connectivity index (χ3v) is 3.47. The molecule has 106 valence electrons. The van der Waals surface area contributed by atoms with Gasteiger partial charge in [0.05, 0.1) is 0 Å². The van der Waals surface area contributed by atoms with E-state index in [0.29, 0.717) is 5.15 Å². The van der Waals surface area contributed by atoms with E-state index in [4.69, 9.17) is 11.6 Å². The molecule has 2 aromatic rings. The van der Waals surface area contributed by atoms with Gasteiger partial charge in [0.2, 0.25) is 0 Å². The minimum absolute atomic E-state index is 0.250. The van der Waals surface area contributed by atoms with Crippen molar-refractivity contribution in [3.8, 4) is 0 Å². The van der Waals surface area contributed by atoms with Gasteiger partial charge >= 0.3 is 0 Å². The maximum atomic E-state index is 6.11. The number of hydrogen-bond donors (Lipinski definition) is 0. The molecule has 1 heterocycles. The fourth-order valence-corrected chi connectivity index (χ4v) is 2.34.